The number of benzene rings is 2. The van der Waals surface area contributed by atoms with Gasteiger partial charge in [0, 0.05) is 0 Å². The summed E-state index contributed by atoms with van der Waals surface area (Å²) >= 11 is 7.20. The molecular formula is C19H21NOS2. The zero-order chi connectivity index (χ0) is 16.8. The third-order valence-corrected chi connectivity index (χ3v) is 5.59. The van der Waals surface area contributed by atoms with Crippen molar-refractivity contribution in [3.8, 4) is 5.75 Å². The number of thiazole rings is 1. The molecule has 0 unspecified atom stereocenters. The smallest absolute Gasteiger partial charge is 0.162 e. The van der Waals surface area contributed by atoms with E-state index in [0.29, 0.717) is 5.75 Å². The molecule has 0 bridgehead atoms. The van der Waals surface area contributed by atoms with Crippen LogP contribution >= 0.6 is 23.6 Å². The lowest BCUT2D eigenvalue weighted by Gasteiger charge is -2.22. The van der Waals surface area contributed by atoms with Gasteiger partial charge in [0.15, 0.2) is 3.95 Å². The first-order chi connectivity index (χ1) is 10.8. The fourth-order valence-corrected chi connectivity index (χ4v) is 4.17. The monoisotopic (exact) mass is 343 g/mol. The van der Waals surface area contributed by atoms with Crippen LogP contribution in [0.3, 0.4) is 0 Å². The van der Waals surface area contributed by atoms with Gasteiger partial charge in [0.1, 0.15) is 5.75 Å². The maximum Gasteiger partial charge on any atom is 0.162 e. The largest absolute Gasteiger partial charge is 0.508 e. The molecule has 23 heavy (non-hydrogen) atoms. The Hall–Kier alpha value is -1.65. The Morgan fingerprint density at radius 3 is 2.57 bits per heavy atom. The Labute approximate surface area is 146 Å². The lowest BCUT2D eigenvalue weighted by atomic mass is 9.84. The van der Waals surface area contributed by atoms with Crippen molar-refractivity contribution < 1.29 is 5.11 Å². The van der Waals surface area contributed by atoms with E-state index in [1.807, 2.05) is 25.1 Å². The van der Waals surface area contributed by atoms with E-state index in [4.69, 9.17) is 12.2 Å². The first-order valence-electron chi connectivity index (χ1n) is 7.69. The number of aryl methyl sites for hydroxylation is 1. The normalized spacial score (nSPS) is 12.0. The molecular weight excluding hydrogens is 322 g/mol. The van der Waals surface area contributed by atoms with E-state index < -0.39 is 0 Å². The molecule has 2 nitrogen and oxygen atoms in total. The zero-order valence-electron chi connectivity index (χ0n) is 13.9. The minimum absolute atomic E-state index is 0.0926. The van der Waals surface area contributed by atoms with Crippen LogP contribution in [0, 0.1) is 10.9 Å². The molecule has 1 N–H and O–H groups in total. The molecule has 0 amide bonds. The van der Waals surface area contributed by atoms with Crippen LogP contribution in [0.1, 0.15) is 37.5 Å². The molecule has 3 rings (SSSR count). The topological polar surface area (TPSA) is 25.2 Å². The van der Waals surface area contributed by atoms with Crippen LogP contribution in [0.5, 0.6) is 5.75 Å². The van der Waals surface area contributed by atoms with Gasteiger partial charge in [-0.05, 0) is 65.5 Å². The van der Waals surface area contributed by atoms with Gasteiger partial charge in [-0.1, -0.05) is 32.9 Å². The minimum atomic E-state index is -0.0926. The van der Waals surface area contributed by atoms with Crippen LogP contribution in [0.2, 0.25) is 0 Å². The standard InChI is InChI=1S/C19H21NOS2/c1-12-9-16(21)14(19(2,3)4)10-13(12)11-20-15-7-5-6-8-17(15)23-18(20)22/h5-10,21H,11H2,1-4H3. The van der Waals surface area contributed by atoms with Gasteiger partial charge in [-0.3, -0.25) is 0 Å². The van der Waals surface area contributed by atoms with Gasteiger partial charge in [-0.25, -0.2) is 0 Å². The van der Waals surface area contributed by atoms with Crippen molar-refractivity contribution in [3.05, 3.63) is 57.0 Å². The van der Waals surface area contributed by atoms with Crippen molar-refractivity contribution in [2.24, 2.45) is 0 Å². The summed E-state index contributed by atoms with van der Waals surface area (Å²) in [7, 11) is 0. The Kier molecular flexibility index (Phi) is 4.07. The molecule has 3 aromatic rings. The molecule has 0 radical (unpaired) electrons. The molecule has 1 aromatic heterocycles. The fraction of sp³-hybridized carbons (Fsp3) is 0.316. The molecule has 0 atom stereocenters. The molecule has 1 heterocycles. The van der Waals surface area contributed by atoms with Crippen LogP contribution in [0.4, 0.5) is 0 Å². The van der Waals surface area contributed by atoms with Gasteiger partial charge in [-0.2, -0.15) is 0 Å². The number of hydrogen-bond acceptors (Lipinski definition) is 3. The first-order valence-corrected chi connectivity index (χ1v) is 8.91. The molecule has 0 saturated heterocycles. The molecule has 0 aliphatic heterocycles. The fourth-order valence-electron chi connectivity index (χ4n) is 2.84. The molecule has 4 heteroatoms. The van der Waals surface area contributed by atoms with Crippen LogP contribution < -0.4 is 0 Å². The van der Waals surface area contributed by atoms with Crippen molar-refractivity contribution in [1.82, 2.24) is 4.57 Å². The third-order valence-electron chi connectivity index (χ3n) is 4.16. The van der Waals surface area contributed by atoms with Crippen molar-refractivity contribution in [2.75, 3.05) is 0 Å². The highest BCUT2D eigenvalue weighted by Gasteiger charge is 2.20. The molecule has 0 saturated carbocycles. The summed E-state index contributed by atoms with van der Waals surface area (Å²) < 4.78 is 4.28. The number of aromatic hydroxyl groups is 1. The van der Waals surface area contributed by atoms with E-state index in [1.165, 1.54) is 15.8 Å². The third kappa shape index (κ3) is 3.06. The molecule has 0 spiro atoms. The summed E-state index contributed by atoms with van der Waals surface area (Å²) in [6.07, 6.45) is 0. The van der Waals surface area contributed by atoms with Crippen LogP contribution in [0.15, 0.2) is 36.4 Å². The summed E-state index contributed by atoms with van der Waals surface area (Å²) in [6, 6.07) is 12.3. The summed E-state index contributed by atoms with van der Waals surface area (Å²) in [5, 5.41) is 10.3. The molecule has 2 aromatic carbocycles. The van der Waals surface area contributed by atoms with Gasteiger partial charge in [0.25, 0.3) is 0 Å². The van der Waals surface area contributed by atoms with Gasteiger partial charge >= 0.3 is 0 Å². The number of fused-ring (bicyclic) bond motifs is 1. The summed E-state index contributed by atoms with van der Waals surface area (Å²) in [6.45, 7) is 9.13. The van der Waals surface area contributed by atoms with E-state index in [0.717, 1.165) is 21.6 Å². The maximum atomic E-state index is 10.3. The van der Waals surface area contributed by atoms with E-state index in [1.54, 1.807) is 11.3 Å². The number of rotatable bonds is 2. The van der Waals surface area contributed by atoms with Gasteiger partial charge in [0.2, 0.25) is 0 Å². The SMILES string of the molecule is Cc1cc(O)c(C(C)(C)C)cc1Cn1c(=S)sc2ccccc21. The van der Waals surface area contributed by atoms with Crippen LogP contribution in [0.25, 0.3) is 10.2 Å². The Balaban J connectivity index is 2.12. The van der Waals surface area contributed by atoms with E-state index in [-0.39, 0.29) is 5.41 Å². The van der Waals surface area contributed by atoms with Gasteiger partial charge in [0.05, 0.1) is 16.8 Å². The zero-order valence-corrected chi connectivity index (χ0v) is 15.5. The number of para-hydroxylation sites is 1. The minimum Gasteiger partial charge on any atom is -0.508 e. The van der Waals surface area contributed by atoms with E-state index in [2.05, 4.69) is 43.5 Å². The predicted octanol–water partition coefficient (Wildman–Crippen LogP) is 5.79. The number of phenolic OH excluding ortho intramolecular Hbond substituents is 1. The van der Waals surface area contributed by atoms with Gasteiger partial charge in [-0.15, -0.1) is 11.3 Å². The second-order valence-corrected chi connectivity index (χ2v) is 8.64. The lowest BCUT2D eigenvalue weighted by molar-refractivity contribution is 0.445. The van der Waals surface area contributed by atoms with Crippen molar-refractivity contribution >= 4 is 33.8 Å². The van der Waals surface area contributed by atoms with Crippen molar-refractivity contribution in [3.63, 3.8) is 0 Å². The second kappa shape index (κ2) is 5.77. The Morgan fingerprint density at radius 2 is 1.87 bits per heavy atom. The van der Waals surface area contributed by atoms with Crippen LogP contribution in [-0.4, -0.2) is 9.67 Å². The highest BCUT2D eigenvalue weighted by Crippen LogP contribution is 2.34. The van der Waals surface area contributed by atoms with Crippen molar-refractivity contribution in [2.45, 2.75) is 39.7 Å². The Morgan fingerprint density at radius 1 is 1.17 bits per heavy atom. The number of phenols is 1. The molecule has 0 aliphatic rings. The lowest BCUT2D eigenvalue weighted by Crippen LogP contribution is -2.13. The summed E-state index contributed by atoms with van der Waals surface area (Å²) in [5.74, 6) is 0.373. The maximum absolute atomic E-state index is 10.3. The highest BCUT2D eigenvalue weighted by atomic mass is 32.1. The predicted molar refractivity (Wildman–Crippen MR) is 101 cm³/mol. The molecule has 120 valence electrons. The van der Waals surface area contributed by atoms with Crippen LogP contribution in [-0.2, 0) is 12.0 Å². The Bertz CT molecular complexity index is 929. The average molecular weight is 344 g/mol. The second-order valence-electron chi connectivity index (χ2n) is 6.97. The molecule has 0 aliphatic carbocycles. The first kappa shape index (κ1) is 16.2. The highest BCUT2D eigenvalue weighted by molar-refractivity contribution is 7.73. The molecule has 0 fully saturated rings. The van der Waals surface area contributed by atoms with Crippen molar-refractivity contribution in [1.29, 1.82) is 0 Å². The summed E-state index contributed by atoms with van der Waals surface area (Å²) in [4.78, 5) is 0. The average Bonchev–Trinajstić information content (AvgIpc) is 2.76. The van der Waals surface area contributed by atoms with Gasteiger partial charge < -0.3 is 9.67 Å². The quantitative estimate of drug-likeness (QED) is 0.596. The number of nitrogens with zero attached hydrogens (tertiary/aromatic N) is 1. The number of aromatic nitrogens is 1. The number of hydrogen-bond donors (Lipinski definition) is 1. The van der Waals surface area contributed by atoms with E-state index in [9.17, 15) is 5.11 Å². The van der Waals surface area contributed by atoms with E-state index >= 15 is 0 Å². The summed E-state index contributed by atoms with van der Waals surface area (Å²) in [5.41, 5.74) is 4.35.